The van der Waals surface area contributed by atoms with Gasteiger partial charge in [-0.25, -0.2) is 4.79 Å². The molecule has 1 N–H and O–H groups in total. The van der Waals surface area contributed by atoms with Crippen molar-refractivity contribution in [1.82, 2.24) is 14.7 Å². The van der Waals surface area contributed by atoms with Crippen molar-refractivity contribution in [2.45, 2.75) is 38.1 Å². The number of hydrogen-bond donors (Lipinski definition) is 1. The topological polar surface area (TPSA) is 75.4 Å². The molecule has 1 aromatic heterocycles. The van der Waals surface area contributed by atoms with Crippen molar-refractivity contribution in [3.8, 4) is 0 Å². The van der Waals surface area contributed by atoms with E-state index in [1.165, 1.54) is 4.90 Å². The molecule has 6 heteroatoms. The number of amides is 1. The summed E-state index contributed by atoms with van der Waals surface area (Å²) in [6, 6.07) is 1.23. The molecular weight excluding hydrogens is 246 g/mol. The summed E-state index contributed by atoms with van der Waals surface area (Å²) < 4.78 is 1.73. The fourth-order valence-electron chi connectivity index (χ4n) is 2.51. The van der Waals surface area contributed by atoms with Gasteiger partial charge in [0.1, 0.15) is 6.04 Å². The highest BCUT2D eigenvalue weighted by Gasteiger charge is 2.31. The van der Waals surface area contributed by atoms with Crippen molar-refractivity contribution in [1.29, 1.82) is 0 Å². The van der Waals surface area contributed by atoms with Crippen molar-refractivity contribution in [3.05, 3.63) is 18.0 Å². The Bertz CT molecular complexity index is 469. The molecule has 1 atom stereocenters. The van der Waals surface area contributed by atoms with Crippen LogP contribution in [0.2, 0.25) is 0 Å². The number of carbonyl (C=O) groups is 2. The summed E-state index contributed by atoms with van der Waals surface area (Å²) in [6.45, 7) is 0.557. The van der Waals surface area contributed by atoms with Crippen LogP contribution >= 0.6 is 0 Å². The lowest BCUT2D eigenvalue weighted by Gasteiger charge is -2.33. The zero-order valence-corrected chi connectivity index (χ0v) is 11.1. The van der Waals surface area contributed by atoms with Gasteiger partial charge in [0.15, 0.2) is 0 Å². The molecule has 1 aliphatic heterocycles. The van der Waals surface area contributed by atoms with Crippen molar-refractivity contribution in [2.75, 3.05) is 6.54 Å². The second-order valence-corrected chi connectivity index (χ2v) is 4.88. The van der Waals surface area contributed by atoms with Gasteiger partial charge in [0.05, 0.1) is 0 Å². The van der Waals surface area contributed by atoms with E-state index in [0.29, 0.717) is 25.8 Å². The van der Waals surface area contributed by atoms with Gasteiger partial charge in [-0.1, -0.05) is 0 Å². The molecule has 104 valence electrons. The lowest BCUT2D eigenvalue weighted by atomic mass is 10.0. The van der Waals surface area contributed by atoms with Gasteiger partial charge in [-0.3, -0.25) is 9.48 Å². The molecule has 19 heavy (non-hydrogen) atoms. The van der Waals surface area contributed by atoms with Crippen molar-refractivity contribution < 1.29 is 14.7 Å². The Morgan fingerprint density at radius 2 is 2.26 bits per heavy atom. The van der Waals surface area contributed by atoms with E-state index in [1.807, 2.05) is 13.1 Å². The number of carboxylic acid groups (broad SMARTS) is 1. The molecule has 6 nitrogen and oxygen atoms in total. The molecule has 0 bridgehead atoms. The average Bonchev–Trinajstić information content (AvgIpc) is 2.81. The number of carboxylic acids is 1. The lowest BCUT2D eigenvalue weighted by molar-refractivity contribution is -0.152. The Balaban J connectivity index is 1.94. The maximum Gasteiger partial charge on any atom is 0.326 e. The fourth-order valence-corrected chi connectivity index (χ4v) is 2.51. The van der Waals surface area contributed by atoms with Gasteiger partial charge < -0.3 is 10.0 Å². The normalized spacial score (nSPS) is 19.4. The molecule has 2 rings (SSSR count). The van der Waals surface area contributed by atoms with E-state index in [0.717, 1.165) is 18.5 Å². The van der Waals surface area contributed by atoms with E-state index >= 15 is 0 Å². The largest absolute Gasteiger partial charge is 0.480 e. The summed E-state index contributed by atoms with van der Waals surface area (Å²) in [5.41, 5.74) is 0.984. The van der Waals surface area contributed by atoms with Crippen LogP contribution in [0.4, 0.5) is 0 Å². The number of aromatic nitrogens is 2. The van der Waals surface area contributed by atoms with Crippen LogP contribution < -0.4 is 0 Å². The minimum absolute atomic E-state index is 0.0756. The molecule has 0 unspecified atom stereocenters. The smallest absolute Gasteiger partial charge is 0.326 e. The van der Waals surface area contributed by atoms with Crippen LogP contribution in [0.1, 0.15) is 31.4 Å². The summed E-state index contributed by atoms with van der Waals surface area (Å²) in [6.07, 6.45) is 4.96. The first-order valence-electron chi connectivity index (χ1n) is 6.58. The number of piperidine rings is 1. The highest BCUT2D eigenvalue weighted by atomic mass is 16.4. The van der Waals surface area contributed by atoms with Crippen LogP contribution in [0.25, 0.3) is 0 Å². The zero-order valence-electron chi connectivity index (χ0n) is 11.1. The second-order valence-electron chi connectivity index (χ2n) is 4.88. The highest BCUT2D eigenvalue weighted by Crippen LogP contribution is 2.18. The average molecular weight is 265 g/mol. The Morgan fingerprint density at radius 3 is 2.89 bits per heavy atom. The maximum atomic E-state index is 12.2. The molecule has 0 aliphatic carbocycles. The van der Waals surface area contributed by atoms with Crippen LogP contribution in [0, 0.1) is 0 Å². The summed E-state index contributed by atoms with van der Waals surface area (Å²) in [4.78, 5) is 24.8. The predicted octanol–water partition coefficient (Wildman–Crippen LogP) is 0.818. The van der Waals surface area contributed by atoms with E-state index in [4.69, 9.17) is 5.11 Å². The van der Waals surface area contributed by atoms with Gasteiger partial charge in [-0.05, 0) is 31.7 Å². The molecule has 0 aromatic carbocycles. The first-order valence-corrected chi connectivity index (χ1v) is 6.58. The zero-order chi connectivity index (χ0) is 13.8. The van der Waals surface area contributed by atoms with Gasteiger partial charge >= 0.3 is 5.97 Å². The highest BCUT2D eigenvalue weighted by molar-refractivity contribution is 5.84. The lowest BCUT2D eigenvalue weighted by Crippen LogP contribution is -2.48. The van der Waals surface area contributed by atoms with Crippen LogP contribution in [-0.2, 0) is 23.1 Å². The summed E-state index contributed by atoms with van der Waals surface area (Å²) in [5.74, 6) is -0.970. The molecule has 0 spiro atoms. The number of nitrogens with zero attached hydrogens (tertiary/aromatic N) is 3. The second kappa shape index (κ2) is 5.86. The first-order chi connectivity index (χ1) is 9.09. The third kappa shape index (κ3) is 3.13. The monoisotopic (exact) mass is 265 g/mol. The molecule has 1 amide bonds. The maximum absolute atomic E-state index is 12.2. The Kier molecular flexibility index (Phi) is 4.19. The number of rotatable bonds is 4. The van der Waals surface area contributed by atoms with Gasteiger partial charge in [0, 0.05) is 31.9 Å². The van der Waals surface area contributed by atoms with Crippen LogP contribution in [0.5, 0.6) is 0 Å². The number of likely N-dealkylation sites (tertiary alicyclic amines) is 1. The van der Waals surface area contributed by atoms with Gasteiger partial charge in [-0.2, -0.15) is 5.10 Å². The van der Waals surface area contributed by atoms with E-state index in [1.54, 1.807) is 10.9 Å². The van der Waals surface area contributed by atoms with Gasteiger partial charge in [-0.15, -0.1) is 0 Å². The number of carbonyl (C=O) groups excluding carboxylic acids is 1. The fraction of sp³-hybridized carbons (Fsp3) is 0.615. The van der Waals surface area contributed by atoms with Crippen LogP contribution in [0.3, 0.4) is 0 Å². The van der Waals surface area contributed by atoms with Gasteiger partial charge in [0.2, 0.25) is 5.91 Å². The summed E-state index contributed by atoms with van der Waals surface area (Å²) in [5, 5.41) is 13.2. The van der Waals surface area contributed by atoms with Crippen molar-refractivity contribution in [3.63, 3.8) is 0 Å². The Labute approximate surface area is 112 Å². The van der Waals surface area contributed by atoms with E-state index in [2.05, 4.69) is 5.10 Å². The van der Waals surface area contributed by atoms with Crippen LogP contribution in [-0.4, -0.2) is 44.3 Å². The Hall–Kier alpha value is -1.85. The molecular formula is C13H19N3O3. The third-order valence-corrected chi connectivity index (χ3v) is 3.63. The van der Waals surface area contributed by atoms with Crippen molar-refractivity contribution in [2.24, 2.45) is 7.05 Å². The van der Waals surface area contributed by atoms with E-state index in [-0.39, 0.29) is 5.91 Å². The minimum atomic E-state index is -0.895. The molecule has 1 fully saturated rings. The van der Waals surface area contributed by atoms with E-state index < -0.39 is 12.0 Å². The molecule has 0 saturated carbocycles. The van der Waals surface area contributed by atoms with Crippen LogP contribution in [0.15, 0.2) is 12.3 Å². The summed E-state index contributed by atoms with van der Waals surface area (Å²) in [7, 11) is 1.83. The standard InChI is InChI=1S/C13H19N3O3/c1-15-10(7-8-14-15)5-6-12(17)16-9-3-2-4-11(16)13(18)19/h7-8,11H,2-6,9H2,1H3,(H,18,19)/t11-/m1/s1. The van der Waals surface area contributed by atoms with Crippen molar-refractivity contribution >= 4 is 11.9 Å². The van der Waals surface area contributed by atoms with E-state index in [9.17, 15) is 9.59 Å². The molecule has 0 radical (unpaired) electrons. The van der Waals surface area contributed by atoms with Gasteiger partial charge in [0.25, 0.3) is 0 Å². The number of aryl methyl sites for hydroxylation is 2. The first kappa shape index (κ1) is 13.6. The molecule has 1 saturated heterocycles. The molecule has 1 aliphatic rings. The quantitative estimate of drug-likeness (QED) is 0.874. The molecule has 2 heterocycles. The molecule has 1 aromatic rings. The summed E-state index contributed by atoms with van der Waals surface area (Å²) >= 11 is 0. The number of hydrogen-bond acceptors (Lipinski definition) is 3. The minimum Gasteiger partial charge on any atom is -0.480 e. The SMILES string of the molecule is Cn1nccc1CCC(=O)N1CCCC[C@@H]1C(=O)O. The number of aliphatic carboxylic acids is 1. The predicted molar refractivity (Wildman–Crippen MR) is 68.5 cm³/mol. The Morgan fingerprint density at radius 1 is 1.47 bits per heavy atom. The third-order valence-electron chi connectivity index (χ3n) is 3.63.